The zero-order chi connectivity index (χ0) is 25.7. The second-order valence-electron chi connectivity index (χ2n) is 7.76. The lowest BCUT2D eigenvalue weighted by atomic mass is 9.79. The number of hydrogen-bond donors (Lipinski definition) is 0. The Morgan fingerprint density at radius 2 is 1.49 bits per heavy atom. The number of methoxy groups -OCH3 is 1. The summed E-state index contributed by atoms with van der Waals surface area (Å²) in [6, 6.07) is 13.1. The first-order valence-electron chi connectivity index (χ1n) is 11.2. The number of benzene rings is 2. The van der Waals surface area contributed by atoms with Gasteiger partial charge in [-0.2, -0.15) is 0 Å². The van der Waals surface area contributed by atoms with Crippen LogP contribution >= 0.6 is 0 Å². The topological polar surface area (TPSA) is 108 Å². The third-order valence-corrected chi connectivity index (χ3v) is 5.76. The van der Waals surface area contributed by atoms with Crippen molar-refractivity contribution in [3.8, 4) is 5.75 Å². The maximum Gasteiger partial charge on any atom is 0.336 e. The Morgan fingerprint density at radius 3 is 1.94 bits per heavy atom. The van der Waals surface area contributed by atoms with Gasteiger partial charge in [0.1, 0.15) is 5.75 Å². The standard InChI is InChI=1S/C26H28N2O7/c1-6-34-25(29)22-16(3)27(19-11-13-21(33-5)14-12-19)17(4)23(26(30)35-7-2)24(22)18-9-8-10-20(15-18)28(31)32/h8-15,24H,6-7H2,1-5H3. The summed E-state index contributed by atoms with van der Waals surface area (Å²) in [5.74, 6) is -1.49. The summed E-state index contributed by atoms with van der Waals surface area (Å²) in [6.07, 6.45) is 0. The second kappa shape index (κ2) is 10.9. The predicted molar refractivity (Wildman–Crippen MR) is 130 cm³/mol. The number of ether oxygens (including phenoxy) is 3. The highest BCUT2D eigenvalue weighted by Gasteiger charge is 2.41. The lowest BCUT2D eigenvalue weighted by Gasteiger charge is -2.38. The van der Waals surface area contributed by atoms with Crippen LogP contribution in [0.3, 0.4) is 0 Å². The molecule has 1 heterocycles. The fourth-order valence-electron chi connectivity index (χ4n) is 4.27. The third kappa shape index (κ3) is 5.03. The molecule has 9 heteroatoms. The number of non-ortho nitro benzene ring substituents is 1. The van der Waals surface area contributed by atoms with Crippen molar-refractivity contribution >= 4 is 23.3 Å². The lowest BCUT2D eigenvalue weighted by molar-refractivity contribution is -0.384. The normalized spacial score (nSPS) is 14.1. The molecule has 0 saturated carbocycles. The highest BCUT2D eigenvalue weighted by atomic mass is 16.6. The minimum absolute atomic E-state index is 0.122. The van der Waals surface area contributed by atoms with Gasteiger partial charge in [-0.25, -0.2) is 9.59 Å². The number of nitrogens with zero attached hydrogens (tertiary/aromatic N) is 2. The van der Waals surface area contributed by atoms with Crippen LogP contribution in [0, 0.1) is 10.1 Å². The van der Waals surface area contributed by atoms with Crippen LogP contribution in [0.5, 0.6) is 5.75 Å². The van der Waals surface area contributed by atoms with E-state index in [-0.39, 0.29) is 30.0 Å². The van der Waals surface area contributed by atoms with Gasteiger partial charge in [-0.05, 0) is 57.5 Å². The van der Waals surface area contributed by atoms with Crippen molar-refractivity contribution in [3.63, 3.8) is 0 Å². The van der Waals surface area contributed by atoms with E-state index in [1.54, 1.807) is 57.9 Å². The smallest absolute Gasteiger partial charge is 0.336 e. The number of carbonyl (C=O) groups is 2. The Bertz CT molecular complexity index is 1160. The van der Waals surface area contributed by atoms with Gasteiger partial charge in [-0.1, -0.05) is 12.1 Å². The third-order valence-electron chi connectivity index (χ3n) is 5.76. The van der Waals surface area contributed by atoms with Gasteiger partial charge in [0.05, 0.1) is 42.3 Å². The summed E-state index contributed by atoms with van der Waals surface area (Å²) < 4.78 is 16.0. The summed E-state index contributed by atoms with van der Waals surface area (Å²) in [6.45, 7) is 7.13. The van der Waals surface area contributed by atoms with Crippen LogP contribution in [0.15, 0.2) is 71.1 Å². The second-order valence-corrected chi connectivity index (χ2v) is 7.76. The van der Waals surface area contributed by atoms with Gasteiger partial charge in [-0.3, -0.25) is 10.1 Å². The number of allylic oxidation sites excluding steroid dienone is 2. The Morgan fingerprint density at radius 1 is 0.943 bits per heavy atom. The first kappa shape index (κ1) is 25.5. The monoisotopic (exact) mass is 480 g/mol. The fourth-order valence-corrected chi connectivity index (χ4v) is 4.27. The van der Waals surface area contributed by atoms with E-state index < -0.39 is 22.8 Å². The van der Waals surface area contributed by atoms with Gasteiger partial charge < -0.3 is 19.1 Å². The van der Waals surface area contributed by atoms with Crippen molar-refractivity contribution < 1.29 is 28.7 Å². The van der Waals surface area contributed by atoms with Crippen molar-refractivity contribution in [3.05, 3.63) is 86.7 Å². The van der Waals surface area contributed by atoms with Crippen LogP contribution in [-0.4, -0.2) is 37.2 Å². The number of nitro groups is 1. The molecule has 35 heavy (non-hydrogen) atoms. The van der Waals surface area contributed by atoms with Crippen LogP contribution in [0.25, 0.3) is 0 Å². The largest absolute Gasteiger partial charge is 0.497 e. The lowest BCUT2D eigenvalue weighted by Crippen LogP contribution is -2.35. The minimum Gasteiger partial charge on any atom is -0.497 e. The van der Waals surface area contributed by atoms with E-state index in [2.05, 4.69) is 0 Å². The van der Waals surface area contributed by atoms with Crippen molar-refractivity contribution in [1.29, 1.82) is 0 Å². The van der Waals surface area contributed by atoms with Crippen molar-refractivity contribution in [1.82, 2.24) is 0 Å². The fraction of sp³-hybridized carbons (Fsp3) is 0.308. The molecule has 0 unspecified atom stereocenters. The predicted octanol–water partition coefficient (Wildman–Crippen LogP) is 4.88. The molecular weight excluding hydrogens is 452 g/mol. The van der Waals surface area contributed by atoms with Gasteiger partial charge in [0, 0.05) is 29.2 Å². The van der Waals surface area contributed by atoms with Crippen LogP contribution in [-0.2, 0) is 19.1 Å². The molecule has 0 bridgehead atoms. The first-order chi connectivity index (χ1) is 16.7. The molecule has 3 rings (SSSR count). The van der Waals surface area contributed by atoms with Gasteiger partial charge in [-0.15, -0.1) is 0 Å². The number of carbonyl (C=O) groups excluding carboxylic acids is 2. The maximum absolute atomic E-state index is 13.3. The molecule has 2 aromatic carbocycles. The van der Waals surface area contributed by atoms with E-state index in [9.17, 15) is 19.7 Å². The van der Waals surface area contributed by atoms with Gasteiger partial charge in [0.2, 0.25) is 0 Å². The molecule has 0 aliphatic carbocycles. The van der Waals surface area contributed by atoms with Crippen molar-refractivity contribution in [2.45, 2.75) is 33.6 Å². The summed E-state index contributed by atoms with van der Waals surface area (Å²) in [5.41, 5.74) is 2.45. The average Bonchev–Trinajstić information content (AvgIpc) is 2.84. The SMILES string of the molecule is CCOC(=O)C1=C(C)N(c2ccc(OC)cc2)C(C)=C(C(=O)OCC)C1c1cccc([N+](=O)[O-])c1. The Kier molecular flexibility index (Phi) is 7.91. The highest BCUT2D eigenvalue weighted by molar-refractivity contribution is 6.01. The molecule has 184 valence electrons. The highest BCUT2D eigenvalue weighted by Crippen LogP contribution is 2.45. The number of nitro benzene ring substituents is 1. The zero-order valence-corrected chi connectivity index (χ0v) is 20.4. The molecule has 0 spiro atoms. The number of esters is 2. The zero-order valence-electron chi connectivity index (χ0n) is 20.4. The van der Waals surface area contributed by atoms with Crippen molar-refractivity contribution in [2.75, 3.05) is 25.2 Å². The molecular formula is C26H28N2O7. The molecule has 0 saturated heterocycles. The molecule has 0 amide bonds. The molecule has 0 atom stereocenters. The van der Waals surface area contributed by atoms with Gasteiger partial charge >= 0.3 is 11.9 Å². The van der Waals surface area contributed by atoms with E-state index in [4.69, 9.17) is 14.2 Å². The van der Waals surface area contributed by atoms with Gasteiger partial charge in [0.15, 0.2) is 0 Å². The summed E-state index contributed by atoms with van der Waals surface area (Å²) in [5, 5.41) is 11.5. The van der Waals surface area contributed by atoms with Crippen LogP contribution < -0.4 is 9.64 Å². The molecule has 9 nitrogen and oxygen atoms in total. The summed E-state index contributed by atoms with van der Waals surface area (Å²) in [4.78, 5) is 39.3. The van der Waals surface area contributed by atoms with E-state index in [0.29, 0.717) is 28.4 Å². The summed E-state index contributed by atoms with van der Waals surface area (Å²) >= 11 is 0. The quantitative estimate of drug-likeness (QED) is 0.299. The van der Waals surface area contributed by atoms with Crippen LogP contribution in [0.2, 0.25) is 0 Å². The number of anilines is 1. The average molecular weight is 481 g/mol. The van der Waals surface area contributed by atoms with E-state index in [1.807, 2.05) is 12.1 Å². The number of hydrogen-bond acceptors (Lipinski definition) is 8. The molecule has 2 aromatic rings. The molecule has 1 aliphatic rings. The minimum atomic E-state index is -0.914. The molecule has 0 fully saturated rings. The maximum atomic E-state index is 13.3. The van der Waals surface area contributed by atoms with E-state index in [0.717, 1.165) is 0 Å². The Hall–Kier alpha value is -4.14. The Labute approximate surface area is 203 Å². The van der Waals surface area contributed by atoms with Crippen LogP contribution in [0.1, 0.15) is 39.2 Å². The van der Waals surface area contributed by atoms with Crippen LogP contribution in [0.4, 0.5) is 11.4 Å². The van der Waals surface area contributed by atoms with E-state index in [1.165, 1.54) is 18.2 Å². The molecule has 0 radical (unpaired) electrons. The summed E-state index contributed by atoms with van der Waals surface area (Å²) in [7, 11) is 1.56. The van der Waals surface area contributed by atoms with Gasteiger partial charge in [0.25, 0.3) is 5.69 Å². The Balaban J connectivity index is 2.33. The van der Waals surface area contributed by atoms with Crippen molar-refractivity contribution in [2.24, 2.45) is 0 Å². The molecule has 0 aromatic heterocycles. The first-order valence-corrected chi connectivity index (χ1v) is 11.2. The number of rotatable bonds is 8. The van der Waals surface area contributed by atoms with E-state index >= 15 is 0 Å². The molecule has 0 N–H and O–H groups in total. The molecule has 1 aliphatic heterocycles.